The molecule has 0 unspecified atom stereocenters. The number of aryl methyl sites for hydroxylation is 2. The molecule has 7 heteroatoms. The standard InChI is InChI=1S/C19H29N3O4/c1-4-25-19(24)22-10-7-16(8-11-22)21-18(23)20-9-12-26-17-13-14(2)5-6-15(17)3/h5-6,13,16H,4,7-12H2,1-3H3,(H2,20,21,23). The number of carbonyl (C=O) groups is 2. The summed E-state index contributed by atoms with van der Waals surface area (Å²) < 4.78 is 10.7. The summed E-state index contributed by atoms with van der Waals surface area (Å²) in [6, 6.07) is 5.92. The van der Waals surface area contributed by atoms with Gasteiger partial charge in [-0.25, -0.2) is 9.59 Å². The van der Waals surface area contributed by atoms with Crippen LogP contribution in [0.2, 0.25) is 0 Å². The Morgan fingerprint density at radius 2 is 1.96 bits per heavy atom. The molecule has 144 valence electrons. The average molecular weight is 363 g/mol. The fraction of sp³-hybridized carbons (Fsp3) is 0.579. The van der Waals surface area contributed by atoms with Gasteiger partial charge in [-0.05, 0) is 50.8 Å². The van der Waals surface area contributed by atoms with Crippen molar-refractivity contribution in [1.29, 1.82) is 0 Å². The third-order valence-corrected chi connectivity index (χ3v) is 4.35. The van der Waals surface area contributed by atoms with E-state index < -0.39 is 0 Å². The summed E-state index contributed by atoms with van der Waals surface area (Å²) in [5.41, 5.74) is 2.22. The highest BCUT2D eigenvalue weighted by Gasteiger charge is 2.24. The van der Waals surface area contributed by atoms with E-state index in [1.54, 1.807) is 11.8 Å². The lowest BCUT2D eigenvalue weighted by atomic mass is 10.1. The van der Waals surface area contributed by atoms with Crippen LogP contribution in [0.15, 0.2) is 18.2 Å². The van der Waals surface area contributed by atoms with Crippen molar-refractivity contribution in [3.63, 3.8) is 0 Å². The van der Waals surface area contributed by atoms with Crippen molar-refractivity contribution in [2.45, 2.75) is 39.7 Å². The van der Waals surface area contributed by atoms with Gasteiger partial charge in [-0.1, -0.05) is 12.1 Å². The summed E-state index contributed by atoms with van der Waals surface area (Å²) in [5.74, 6) is 0.846. The molecule has 0 radical (unpaired) electrons. The zero-order valence-corrected chi connectivity index (χ0v) is 15.8. The van der Waals surface area contributed by atoms with Gasteiger partial charge in [0.05, 0.1) is 13.2 Å². The zero-order chi connectivity index (χ0) is 18.9. The molecule has 0 atom stereocenters. The molecule has 2 rings (SSSR count). The van der Waals surface area contributed by atoms with Gasteiger partial charge >= 0.3 is 12.1 Å². The van der Waals surface area contributed by atoms with E-state index in [0.29, 0.717) is 32.8 Å². The molecule has 1 aliphatic heterocycles. The Balaban J connectivity index is 1.62. The third kappa shape index (κ3) is 6.13. The van der Waals surface area contributed by atoms with Gasteiger partial charge in [0.15, 0.2) is 0 Å². The smallest absolute Gasteiger partial charge is 0.409 e. The Labute approximate surface area is 155 Å². The van der Waals surface area contributed by atoms with Crippen molar-refractivity contribution in [3.05, 3.63) is 29.3 Å². The summed E-state index contributed by atoms with van der Waals surface area (Å²) in [5, 5.41) is 5.75. The van der Waals surface area contributed by atoms with E-state index in [9.17, 15) is 9.59 Å². The highest BCUT2D eigenvalue weighted by Crippen LogP contribution is 2.18. The van der Waals surface area contributed by atoms with Crippen LogP contribution in [0, 0.1) is 13.8 Å². The van der Waals surface area contributed by atoms with Crippen molar-refractivity contribution >= 4 is 12.1 Å². The summed E-state index contributed by atoms with van der Waals surface area (Å²) in [4.78, 5) is 25.3. The van der Waals surface area contributed by atoms with Crippen LogP contribution in [-0.4, -0.2) is 55.9 Å². The molecule has 0 aliphatic carbocycles. The van der Waals surface area contributed by atoms with E-state index in [2.05, 4.69) is 10.6 Å². The van der Waals surface area contributed by atoms with Crippen LogP contribution in [0.4, 0.5) is 9.59 Å². The molecule has 26 heavy (non-hydrogen) atoms. The predicted octanol–water partition coefficient (Wildman–Crippen LogP) is 2.60. The van der Waals surface area contributed by atoms with Crippen molar-refractivity contribution < 1.29 is 19.1 Å². The van der Waals surface area contributed by atoms with Crippen molar-refractivity contribution in [2.75, 3.05) is 32.8 Å². The fourth-order valence-electron chi connectivity index (χ4n) is 2.85. The maximum atomic E-state index is 12.0. The number of urea groups is 1. The highest BCUT2D eigenvalue weighted by atomic mass is 16.6. The molecule has 1 aliphatic rings. The van der Waals surface area contributed by atoms with Crippen LogP contribution in [0.5, 0.6) is 5.75 Å². The van der Waals surface area contributed by atoms with Gasteiger partial charge in [-0.3, -0.25) is 0 Å². The summed E-state index contributed by atoms with van der Waals surface area (Å²) in [7, 11) is 0. The largest absolute Gasteiger partial charge is 0.491 e. The minimum Gasteiger partial charge on any atom is -0.491 e. The lowest BCUT2D eigenvalue weighted by Gasteiger charge is -2.31. The number of benzene rings is 1. The molecule has 3 amide bonds. The summed E-state index contributed by atoms with van der Waals surface area (Å²) >= 11 is 0. The Kier molecular flexibility index (Phi) is 7.56. The number of piperidine rings is 1. The van der Waals surface area contributed by atoms with Gasteiger partial charge in [0.2, 0.25) is 0 Å². The first-order valence-electron chi connectivity index (χ1n) is 9.15. The third-order valence-electron chi connectivity index (χ3n) is 4.35. The predicted molar refractivity (Wildman–Crippen MR) is 99.6 cm³/mol. The fourth-order valence-corrected chi connectivity index (χ4v) is 2.85. The summed E-state index contributed by atoms with van der Waals surface area (Å²) in [6.07, 6.45) is 1.18. The second kappa shape index (κ2) is 9.89. The van der Waals surface area contributed by atoms with E-state index in [1.807, 2.05) is 32.0 Å². The highest BCUT2D eigenvalue weighted by molar-refractivity contribution is 5.74. The first-order valence-corrected chi connectivity index (χ1v) is 9.15. The number of hydrogen-bond acceptors (Lipinski definition) is 4. The quantitative estimate of drug-likeness (QED) is 0.762. The average Bonchev–Trinajstić information content (AvgIpc) is 2.62. The van der Waals surface area contributed by atoms with Crippen LogP contribution in [0.3, 0.4) is 0 Å². The maximum absolute atomic E-state index is 12.0. The van der Waals surface area contributed by atoms with Crippen LogP contribution < -0.4 is 15.4 Å². The lowest BCUT2D eigenvalue weighted by molar-refractivity contribution is 0.0957. The van der Waals surface area contributed by atoms with E-state index in [0.717, 1.165) is 29.7 Å². The molecule has 1 saturated heterocycles. The van der Waals surface area contributed by atoms with Gasteiger partial charge < -0.3 is 25.0 Å². The van der Waals surface area contributed by atoms with Crippen LogP contribution >= 0.6 is 0 Å². The Hall–Kier alpha value is -2.44. The number of ether oxygens (including phenoxy) is 2. The molecule has 1 aromatic carbocycles. The van der Waals surface area contributed by atoms with Crippen molar-refractivity contribution in [3.8, 4) is 5.75 Å². The van der Waals surface area contributed by atoms with E-state index in [1.165, 1.54) is 0 Å². The molecule has 2 N–H and O–H groups in total. The second-order valence-corrected chi connectivity index (χ2v) is 6.48. The van der Waals surface area contributed by atoms with Crippen molar-refractivity contribution in [1.82, 2.24) is 15.5 Å². The molecular formula is C19H29N3O4. The van der Waals surface area contributed by atoms with Crippen LogP contribution in [0.1, 0.15) is 30.9 Å². The van der Waals surface area contributed by atoms with Gasteiger partial charge in [-0.2, -0.15) is 0 Å². The topological polar surface area (TPSA) is 79.9 Å². The number of nitrogens with zero attached hydrogens (tertiary/aromatic N) is 1. The first-order chi connectivity index (χ1) is 12.5. The summed E-state index contributed by atoms with van der Waals surface area (Å²) in [6.45, 7) is 8.23. The molecule has 0 aromatic heterocycles. The number of hydrogen-bond donors (Lipinski definition) is 2. The molecular weight excluding hydrogens is 334 g/mol. The van der Waals surface area contributed by atoms with Crippen LogP contribution in [0.25, 0.3) is 0 Å². The Morgan fingerprint density at radius 1 is 1.23 bits per heavy atom. The lowest BCUT2D eigenvalue weighted by Crippen LogP contribution is -2.49. The number of carbonyl (C=O) groups excluding carboxylic acids is 2. The van der Waals surface area contributed by atoms with E-state index in [4.69, 9.17) is 9.47 Å². The number of rotatable bonds is 6. The second-order valence-electron chi connectivity index (χ2n) is 6.48. The number of likely N-dealkylation sites (tertiary alicyclic amines) is 1. The van der Waals surface area contributed by atoms with Crippen molar-refractivity contribution in [2.24, 2.45) is 0 Å². The molecule has 0 spiro atoms. The molecule has 7 nitrogen and oxygen atoms in total. The first kappa shape index (κ1) is 19.9. The van der Waals surface area contributed by atoms with E-state index in [-0.39, 0.29) is 18.2 Å². The normalized spacial score (nSPS) is 14.7. The van der Waals surface area contributed by atoms with E-state index >= 15 is 0 Å². The van der Waals surface area contributed by atoms with Gasteiger partial charge in [0, 0.05) is 19.1 Å². The molecule has 0 saturated carbocycles. The van der Waals surface area contributed by atoms with Gasteiger partial charge in [0.1, 0.15) is 12.4 Å². The SMILES string of the molecule is CCOC(=O)N1CCC(NC(=O)NCCOc2cc(C)ccc2C)CC1. The number of amides is 3. The molecule has 0 bridgehead atoms. The molecule has 1 fully saturated rings. The molecule has 1 aromatic rings. The minimum atomic E-state index is -0.279. The zero-order valence-electron chi connectivity index (χ0n) is 15.8. The monoisotopic (exact) mass is 363 g/mol. The van der Waals surface area contributed by atoms with Gasteiger partial charge in [-0.15, -0.1) is 0 Å². The molecule has 1 heterocycles. The maximum Gasteiger partial charge on any atom is 0.409 e. The van der Waals surface area contributed by atoms with Gasteiger partial charge in [0.25, 0.3) is 0 Å². The number of nitrogens with one attached hydrogen (secondary N) is 2. The van der Waals surface area contributed by atoms with Crippen LogP contribution in [-0.2, 0) is 4.74 Å². The minimum absolute atomic E-state index is 0.0700. The Morgan fingerprint density at radius 3 is 2.65 bits per heavy atom. The Bertz CT molecular complexity index is 613.